The second-order valence-corrected chi connectivity index (χ2v) is 9.87. The predicted octanol–water partition coefficient (Wildman–Crippen LogP) is -2.67. The largest absolute Gasteiger partial charge is 0.388 e. The highest BCUT2D eigenvalue weighted by atomic mass is 16.7. The van der Waals surface area contributed by atoms with Gasteiger partial charge in [0.2, 0.25) is 11.8 Å². The van der Waals surface area contributed by atoms with Crippen LogP contribution in [0.15, 0.2) is 0 Å². The summed E-state index contributed by atoms with van der Waals surface area (Å²) in [7, 11) is 0. The Balaban J connectivity index is 1.81. The van der Waals surface area contributed by atoms with E-state index in [2.05, 4.69) is 0 Å². The molecule has 10 atom stereocenters. The lowest BCUT2D eigenvalue weighted by Gasteiger charge is -2.39. The topological polar surface area (TPSA) is 222 Å². The fourth-order valence-electron chi connectivity index (χ4n) is 4.31. The van der Waals surface area contributed by atoms with Gasteiger partial charge in [0.15, 0.2) is 12.6 Å². The molecule has 0 radical (unpaired) electrons. The molecule has 38 heavy (non-hydrogen) atoms. The van der Waals surface area contributed by atoms with Crippen LogP contribution in [-0.4, -0.2) is 135 Å². The Kier molecular flexibility index (Phi) is 13.8. The van der Waals surface area contributed by atoms with Gasteiger partial charge in [-0.2, -0.15) is 0 Å². The molecule has 2 amide bonds. The second kappa shape index (κ2) is 16.0. The van der Waals surface area contributed by atoms with Crippen LogP contribution in [-0.2, 0) is 28.5 Å². The molecule has 2 fully saturated rings. The van der Waals surface area contributed by atoms with Crippen molar-refractivity contribution in [2.24, 2.45) is 5.73 Å². The zero-order valence-corrected chi connectivity index (χ0v) is 22.0. The first kappa shape index (κ1) is 32.8. The van der Waals surface area contributed by atoms with Crippen LogP contribution in [0.25, 0.3) is 0 Å². The number of ether oxygens (including phenoxy) is 4. The Hall–Kier alpha value is -1.46. The minimum absolute atomic E-state index is 0.111. The third kappa shape index (κ3) is 9.62. The van der Waals surface area contributed by atoms with E-state index in [9.17, 15) is 40.2 Å². The summed E-state index contributed by atoms with van der Waals surface area (Å²) in [4.78, 5) is 25.3. The number of unbranched alkanes of at least 4 members (excludes halogenated alkanes) is 1. The summed E-state index contributed by atoms with van der Waals surface area (Å²) in [6, 6.07) is 0. The van der Waals surface area contributed by atoms with Crippen molar-refractivity contribution in [3.63, 3.8) is 0 Å². The lowest BCUT2D eigenvalue weighted by molar-refractivity contribution is -0.293. The van der Waals surface area contributed by atoms with Gasteiger partial charge in [0.1, 0.15) is 36.6 Å². The third-order valence-corrected chi connectivity index (χ3v) is 6.74. The van der Waals surface area contributed by atoms with Crippen LogP contribution < -0.4 is 5.73 Å². The Labute approximate surface area is 222 Å². The van der Waals surface area contributed by atoms with E-state index in [4.69, 9.17) is 24.7 Å². The number of nitrogens with zero attached hydrogens (tertiary/aromatic N) is 1. The molecule has 2 saturated heterocycles. The average molecular weight is 553 g/mol. The highest BCUT2D eigenvalue weighted by Gasteiger charge is 2.43. The molecule has 0 spiro atoms. The second-order valence-electron chi connectivity index (χ2n) is 9.87. The Morgan fingerprint density at radius 3 is 1.53 bits per heavy atom. The Bertz CT molecular complexity index is 689. The molecule has 0 saturated carbocycles. The van der Waals surface area contributed by atoms with Gasteiger partial charge >= 0.3 is 0 Å². The third-order valence-electron chi connectivity index (χ3n) is 6.74. The maximum Gasteiger partial charge on any atom is 0.222 e. The molecule has 2 aliphatic rings. The number of aliphatic hydroxyl groups excluding tert-OH is 6. The fourth-order valence-corrected chi connectivity index (χ4v) is 4.31. The van der Waals surface area contributed by atoms with Gasteiger partial charge in [0, 0.05) is 25.9 Å². The van der Waals surface area contributed by atoms with E-state index in [1.165, 1.54) is 0 Å². The summed E-state index contributed by atoms with van der Waals surface area (Å²) in [5, 5.41) is 59.5. The van der Waals surface area contributed by atoms with Gasteiger partial charge in [-0.15, -0.1) is 0 Å². The molecule has 2 heterocycles. The number of nitrogens with two attached hydrogens (primary N) is 1. The van der Waals surface area contributed by atoms with E-state index in [1.54, 1.807) is 18.7 Å². The standard InChI is InChI=1S/C24H44N2O12/c1-13-17(29)19(31)21(33)23(37-13)35-11-5-9-26(16(28)8-4-3-7-15(25)27)10-6-12-36-24-22(34)20(32)18(30)14(2)38-24/h13-14,17-24,29-34H,3-12H2,1-2H3,(H2,25,27)/t13-,14-,17+,18+,19+,20+,21-,22-,23+,24+/m0/s1. The maximum atomic E-state index is 12.8. The molecule has 0 aliphatic carbocycles. The van der Waals surface area contributed by atoms with Crippen molar-refractivity contribution in [2.45, 2.75) is 114 Å². The Morgan fingerprint density at radius 1 is 0.684 bits per heavy atom. The van der Waals surface area contributed by atoms with Crippen LogP contribution in [0.1, 0.15) is 52.4 Å². The summed E-state index contributed by atoms with van der Waals surface area (Å²) < 4.78 is 21.9. The number of hydrogen-bond acceptors (Lipinski definition) is 12. The molecule has 222 valence electrons. The summed E-state index contributed by atoms with van der Waals surface area (Å²) in [6.45, 7) is 3.94. The molecule has 0 unspecified atom stereocenters. The van der Waals surface area contributed by atoms with Crippen molar-refractivity contribution in [1.29, 1.82) is 0 Å². The SMILES string of the molecule is C[C@@H]1O[C@@H](OCCCN(CCCO[C@@H]2O[C@@H](C)[C@@H](O)[C@@H](O)[C@@H]2O)C(=O)CCCCC(N)=O)[C@@H](O)[C@H](O)[C@@H]1O. The van der Waals surface area contributed by atoms with Gasteiger partial charge in [-0.1, -0.05) is 0 Å². The minimum Gasteiger partial charge on any atom is -0.388 e. The minimum atomic E-state index is -1.42. The molecule has 0 aromatic rings. The van der Waals surface area contributed by atoms with E-state index >= 15 is 0 Å². The maximum absolute atomic E-state index is 12.8. The van der Waals surface area contributed by atoms with Crippen molar-refractivity contribution in [3.8, 4) is 0 Å². The van der Waals surface area contributed by atoms with Crippen LogP contribution in [0, 0.1) is 0 Å². The number of aliphatic hydroxyl groups is 6. The van der Waals surface area contributed by atoms with Crippen LogP contribution in [0.2, 0.25) is 0 Å². The van der Waals surface area contributed by atoms with Gasteiger partial charge in [-0.25, -0.2) is 0 Å². The van der Waals surface area contributed by atoms with Crippen LogP contribution in [0.4, 0.5) is 0 Å². The smallest absolute Gasteiger partial charge is 0.222 e. The monoisotopic (exact) mass is 552 g/mol. The quantitative estimate of drug-likeness (QED) is 0.103. The number of rotatable bonds is 15. The highest BCUT2D eigenvalue weighted by molar-refractivity contribution is 5.76. The number of amides is 2. The van der Waals surface area contributed by atoms with Crippen molar-refractivity contribution in [2.75, 3.05) is 26.3 Å². The normalized spacial score (nSPS) is 35.7. The number of carbonyl (C=O) groups is 2. The first-order chi connectivity index (χ1) is 17.9. The van der Waals surface area contributed by atoms with E-state index in [0.717, 1.165) is 0 Å². The average Bonchev–Trinajstić information content (AvgIpc) is 2.88. The molecular formula is C24H44N2O12. The molecule has 0 aromatic carbocycles. The van der Waals surface area contributed by atoms with Gasteiger partial charge in [-0.05, 0) is 39.5 Å². The molecule has 14 heteroatoms. The summed E-state index contributed by atoms with van der Waals surface area (Å²) in [6.07, 6.45) is -9.61. The van der Waals surface area contributed by atoms with Crippen molar-refractivity contribution < 1.29 is 59.2 Å². The number of hydrogen-bond donors (Lipinski definition) is 7. The van der Waals surface area contributed by atoms with E-state index in [0.29, 0.717) is 38.8 Å². The molecule has 8 N–H and O–H groups in total. The summed E-state index contributed by atoms with van der Waals surface area (Å²) in [5.74, 6) is -0.571. The molecule has 0 bridgehead atoms. The summed E-state index contributed by atoms with van der Waals surface area (Å²) in [5.41, 5.74) is 5.15. The number of primary amides is 1. The van der Waals surface area contributed by atoms with Crippen LogP contribution >= 0.6 is 0 Å². The van der Waals surface area contributed by atoms with E-state index in [1.807, 2.05) is 0 Å². The number of carbonyl (C=O) groups excluding carboxylic acids is 2. The first-order valence-electron chi connectivity index (χ1n) is 13.1. The van der Waals surface area contributed by atoms with Crippen LogP contribution in [0.5, 0.6) is 0 Å². The van der Waals surface area contributed by atoms with Gasteiger partial charge in [0.05, 0.1) is 25.4 Å². The zero-order chi connectivity index (χ0) is 28.4. The highest BCUT2D eigenvalue weighted by Crippen LogP contribution is 2.23. The molecular weight excluding hydrogens is 508 g/mol. The van der Waals surface area contributed by atoms with Gasteiger partial charge < -0.3 is 60.2 Å². The van der Waals surface area contributed by atoms with Gasteiger partial charge in [0.25, 0.3) is 0 Å². The molecule has 2 aliphatic heterocycles. The Morgan fingerprint density at radius 2 is 1.11 bits per heavy atom. The van der Waals surface area contributed by atoms with Crippen molar-refractivity contribution in [1.82, 2.24) is 4.90 Å². The fraction of sp³-hybridized carbons (Fsp3) is 0.917. The van der Waals surface area contributed by atoms with E-state index in [-0.39, 0.29) is 32.0 Å². The molecule has 0 aromatic heterocycles. The van der Waals surface area contributed by atoms with Crippen molar-refractivity contribution >= 4 is 11.8 Å². The van der Waals surface area contributed by atoms with Crippen molar-refractivity contribution in [3.05, 3.63) is 0 Å². The summed E-state index contributed by atoms with van der Waals surface area (Å²) >= 11 is 0. The lowest BCUT2D eigenvalue weighted by Crippen LogP contribution is -2.57. The van der Waals surface area contributed by atoms with Crippen LogP contribution in [0.3, 0.4) is 0 Å². The first-order valence-corrected chi connectivity index (χ1v) is 13.1. The zero-order valence-electron chi connectivity index (χ0n) is 22.0. The van der Waals surface area contributed by atoms with E-state index < -0.39 is 67.3 Å². The molecule has 14 nitrogen and oxygen atoms in total. The van der Waals surface area contributed by atoms with Gasteiger partial charge in [-0.3, -0.25) is 9.59 Å². The lowest BCUT2D eigenvalue weighted by atomic mass is 10.0. The molecule has 2 rings (SSSR count). The predicted molar refractivity (Wildman–Crippen MR) is 130 cm³/mol.